The summed E-state index contributed by atoms with van der Waals surface area (Å²) in [5, 5.41) is 2.03. The van der Waals surface area contributed by atoms with Crippen molar-refractivity contribution < 1.29 is 4.39 Å². The van der Waals surface area contributed by atoms with Crippen LogP contribution in [0.5, 0.6) is 0 Å². The highest BCUT2D eigenvalue weighted by Gasteiger charge is 2.33. The molecule has 3 aromatic carbocycles. The molecule has 4 rings (SSSR count). The summed E-state index contributed by atoms with van der Waals surface area (Å²) in [6.07, 6.45) is 0.894. The van der Waals surface area contributed by atoms with E-state index in [4.69, 9.17) is 34.8 Å². The summed E-state index contributed by atoms with van der Waals surface area (Å²) < 4.78 is 13.4. The fourth-order valence-electron chi connectivity index (χ4n) is 4.08. The lowest BCUT2D eigenvalue weighted by molar-refractivity contribution is -0.00896. The van der Waals surface area contributed by atoms with Gasteiger partial charge in [0.25, 0.3) is 0 Å². The van der Waals surface area contributed by atoms with Gasteiger partial charge in [-0.15, -0.1) is 0 Å². The lowest BCUT2D eigenvalue weighted by Crippen LogP contribution is -2.47. The fraction of sp³-hybridized carbons (Fsp3) is 0.250. The first-order chi connectivity index (χ1) is 14.5. The molecule has 0 aromatic heterocycles. The first-order valence-electron chi connectivity index (χ1n) is 9.93. The molecule has 0 saturated carbocycles. The van der Waals surface area contributed by atoms with E-state index in [0.29, 0.717) is 23.1 Å². The highest BCUT2D eigenvalue weighted by molar-refractivity contribution is 6.36. The Morgan fingerprint density at radius 1 is 0.733 bits per heavy atom. The standard InChI is InChI=1S/C24H22Cl3FN2/c25-20-6-2-1-5-18(20)16-30-14-4-13-29(15-17-9-11-19(28)12-10-17)24(30)23-21(26)7-3-8-22(23)27/h1-3,5-12,24H,4,13-16H2/t24-/m0/s1. The van der Waals surface area contributed by atoms with Gasteiger partial charge in [-0.25, -0.2) is 4.39 Å². The number of hydrogen-bond donors (Lipinski definition) is 0. The molecule has 1 heterocycles. The molecule has 0 unspecified atom stereocenters. The van der Waals surface area contributed by atoms with Gasteiger partial charge >= 0.3 is 0 Å². The number of hydrogen-bond acceptors (Lipinski definition) is 2. The van der Waals surface area contributed by atoms with Crippen LogP contribution in [0.4, 0.5) is 4.39 Å². The van der Waals surface area contributed by atoms with Gasteiger partial charge in [0.1, 0.15) is 5.82 Å². The van der Waals surface area contributed by atoms with Crippen LogP contribution < -0.4 is 0 Å². The predicted octanol–water partition coefficient (Wildman–Crippen LogP) is 7.19. The lowest BCUT2D eigenvalue weighted by atomic mass is 10.0. The normalized spacial score (nSPS) is 17.9. The van der Waals surface area contributed by atoms with Crippen LogP contribution in [-0.4, -0.2) is 22.9 Å². The number of rotatable bonds is 5. The van der Waals surface area contributed by atoms with Crippen molar-refractivity contribution in [3.05, 3.63) is 104 Å². The molecular formula is C24H22Cl3FN2. The number of benzene rings is 3. The van der Waals surface area contributed by atoms with E-state index in [2.05, 4.69) is 9.80 Å². The lowest BCUT2D eigenvalue weighted by Gasteiger charge is -2.45. The van der Waals surface area contributed by atoms with Crippen molar-refractivity contribution in [1.82, 2.24) is 9.80 Å². The summed E-state index contributed by atoms with van der Waals surface area (Å²) >= 11 is 19.7. The van der Waals surface area contributed by atoms with E-state index in [-0.39, 0.29) is 12.0 Å². The molecule has 0 radical (unpaired) electrons. The first kappa shape index (κ1) is 21.6. The molecule has 30 heavy (non-hydrogen) atoms. The highest BCUT2D eigenvalue weighted by atomic mass is 35.5. The van der Waals surface area contributed by atoms with Crippen molar-refractivity contribution in [1.29, 1.82) is 0 Å². The maximum absolute atomic E-state index is 13.4. The second-order valence-corrected chi connectivity index (χ2v) is 8.74. The molecule has 1 aliphatic rings. The number of nitrogens with zero attached hydrogens (tertiary/aromatic N) is 2. The monoisotopic (exact) mass is 462 g/mol. The Balaban J connectivity index is 1.71. The maximum Gasteiger partial charge on any atom is 0.123 e. The van der Waals surface area contributed by atoms with E-state index in [1.807, 2.05) is 54.6 Å². The Bertz CT molecular complexity index is 989. The predicted molar refractivity (Wildman–Crippen MR) is 122 cm³/mol. The van der Waals surface area contributed by atoms with Crippen molar-refractivity contribution >= 4 is 34.8 Å². The van der Waals surface area contributed by atoms with Crippen LogP contribution in [0.1, 0.15) is 29.3 Å². The summed E-state index contributed by atoms with van der Waals surface area (Å²) in [5.41, 5.74) is 3.01. The van der Waals surface area contributed by atoms with Crippen molar-refractivity contribution in [3.63, 3.8) is 0 Å². The quantitative estimate of drug-likeness (QED) is 0.395. The molecule has 0 aliphatic carbocycles. The third kappa shape index (κ3) is 4.82. The summed E-state index contributed by atoms with van der Waals surface area (Å²) in [6, 6.07) is 20.2. The number of halogens is 4. The summed E-state index contributed by atoms with van der Waals surface area (Å²) in [6.45, 7) is 3.15. The summed E-state index contributed by atoms with van der Waals surface area (Å²) in [4.78, 5) is 4.71. The third-order valence-electron chi connectivity index (χ3n) is 5.47. The van der Waals surface area contributed by atoms with E-state index in [0.717, 1.165) is 41.2 Å². The van der Waals surface area contributed by atoms with Crippen molar-refractivity contribution in [2.75, 3.05) is 13.1 Å². The van der Waals surface area contributed by atoms with Gasteiger partial charge in [-0.3, -0.25) is 9.80 Å². The summed E-state index contributed by atoms with van der Waals surface area (Å²) in [5.74, 6) is -0.233. The Labute approximate surface area is 191 Å². The molecule has 0 N–H and O–H groups in total. The van der Waals surface area contributed by atoms with Gasteiger partial charge in [0.15, 0.2) is 0 Å². The Morgan fingerprint density at radius 2 is 1.33 bits per heavy atom. The molecule has 1 fully saturated rings. The SMILES string of the molecule is Fc1ccc(CN2CCCN(Cc3ccccc3Cl)[C@H]2c2c(Cl)cccc2Cl)cc1. The molecule has 1 saturated heterocycles. The fourth-order valence-corrected chi connectivity index (χ4v) is 4.86. The molecular weight excluding hydrogens is 442 g/mol. The molecule has 156 valence electrons. The minimum atomic E-state index is -0.233. The highest BCUT2D eigenvalue weighted by Crippen LogP contribution is 2.39. The Kier molecular flexibility index (Phi) is 6.97. The van der Waals surface area contributed by atoms with E-state index in [1.54, 1.807) is 0 Å². The average molecular weight is 464 g/mol. The molecule has 2 nitrogen and oxygen atoms in total. The first-order valence-corrected chi connectivity index (χ1v) is 11.1. The van der Waals surface area contributed by atoms with Crippen LogP contribution >= 0.6 is 34.8 Å². The largest absolute Gasteiger partial charge is 0.280 e. The minimum Gasteiger partial charge on any atom is -0.280 e. The molecule has 0 bridgehead atoms. The van der Waals surface area contributed by atoms with E-state index < -0.39 is 0 Å². The van der Waals surface area contributed by atoms with Crippen LogP contribution in [0.3, 0.4) is 0 Å². The van der Waals surface area contributed by atoms with Gasteiger partial charge in [-0.2, -0.15) is 0 Å². The van der Waals surface area contributed by atoms with Crippen LogP contribution in [0.15, 0.2) is 66.7 Å². The van der Waals surface area contributed by atoms with Gasteiger partial charge in [-0.05, 0) is 47.9 Å². The Morgan fingerprint density at radius 3 is 2.00 bits per heavy atom. The van der Waals surface area contributed by atoms with Gasteiger partial charge in [0.2, 0.25) is 0 Å². The van der Waals surface area contributed by atoms with Crippen LogP contribution in [0.25, 0.3) is 0 Å². The zero-order valence-corrected chi connectivity index (χ0v) is 18.6. The second-order valence-electron chi connectivity index (χ2n) is 7.52. The second kappa shape index (κ2) is 9.67. The van der Waals surface area contributed by atoms with Crippen LogP contribution in [0, 0.1) is 5.82 Å². The molecule has 6 heteroatoms. The van der Waals surface area contributed by atoms with E-state index in [9.17, 15) is 4.39 Å². The van der Waals surface area contributed by atoms with Crippen molar-refractivity contribution in [2.45, 2.75) is 25.7 Å². The molecule has 0 amide bonds. The molecule has 1 atom stereocenters. The topological polar surface area (TPSA) is 6.48 Å². The van der Waals surface area contributed by atoms with Crippen LogP contribution in [0.2, 0.25) is 15.1 Å². The maximum atomic E-state index is 13.4. The minimum absolute atomic E-state index is 0.110. The van der Waals surface area contributed by atoms with Crippen LogP contribution in [-0.2, 0) is 13.1 Å². The van der Waals surface area contributed by atoms with Gasteiger partial charge in [0.05, 0.1) is 6.17 Å². The average Bonchev–Trinajstić information content (AvgIpc) is 2.73. The van der Waals surface area contributed by atoms with Gasteiger partial charge in [-0.1, -0.05) is 71.2 Å². The summed E-state index contributed by atoms with van der Waals surface area (Å²) in [7, 11) is 0. The molecule has 3 aromatic rings. The smallest absolute Gasteiger partial charge is 0.123 e. The molecule has 0 spiro atoms. The van der Waals surface area contributed by atoms with Gasteiger partial charge in [0, 0.05) is 46.8 Å². The van der Waals surface area contributed by atoms with Gasteiger partial charge < -0.3 is 0 Å². The zero-order valence-electron chi connectivity index (χ0n) is 16.4. The van der Waals surface area contributed by atoms with E-state index in [1.165, 1.54) is 12.1 Å². The zero-order chi connectivity index (χ0) is 21.1. The Hall–Kier alpha value is -1.62. The molecule has 1 aliphatic heterocycles. The van der Waals surface area contributed by atoms with Crippen molar-refractivity contribution in [2.24, 2.45) is 0 Å². The van der Waals surface area contributed by atoms with Crippen molar-refractivity contribution in [3.8, 4) is 0 Å². The van der Waals surface area contributed by atoms with E-state index >= 15 is 0 Å². The third-order valence-corrected chi connectivity index (χ3v) is 6.50.